The fourth-order valence-electron chi connectivity index (χ4n) is 7.36. The van der Waals surface area contributed by atoms with Gasteiger partial charge in [0.05, 0.1) is 6.10 Å². The molecule has 3 rings (SSSR count). The number of fused-ring (bicyclic) bond motifs is 1. The van der Waals surface area contributed by atoms with Gasteiger partial charge < -0.3 is 10.2 Å². The molecular weight excluding hydrogens is 500 g/mol. The summed E-state index contributed by atoms with van der Waals surface area (Å²) in [4.78, 5) is 0. The second-order valence-electron chi connectivity index (χ2n) is 12.9. The molecular formula is C31H48O6S. The van der Waals surface area contributed by atoms with Crippen molar-refractivity contribution in [2.75, 3.05) is 0 Å². The lowest BCUT2D eigenvalue weighted by Gasteiger charge is -2.57. The van der Waals surface area contributed by atoms with Gasteiger partial charge in [0.2, 0.25) is 0 Å². The van der Waals surface area contributed by atoms with Gasteiger partial charge in [-0.1, -0.05) is 57.4 Å². The minimum Gasteiger partial charge on any atom is -0.508 e. The van der Waals surface area contributed by atoms with Crippen molar-refractivity contribution in [2.45, 2.75) is 105 Å². The van der Waals surface area contributed by atoms with Crippen LogP contribution in [0, 0.1) is 28.6 Å². The van der Waals surface area contributed by atoms with Crippen LogP contribution in [0.2, 0.25) is 0 Å². The third kappa shape index (κ3) is 7.64. The van der Waals surface area contributed by atoms with Gasteiger partial charge in [-0.25, -0.2) is 4.18 Å². The first kappa shape index (κ1) is 30.7. The summed E-state index contributed by atoms with van der Waals surface area (Å²) in [6.07, 6.45) is 12.0. The zero-order valence-corrected chi connectivity index (χ0v) is 24.9. The van der Waals surface area contributed by atoms with E-state index in [1.165, 1.54) is 30.5 Å². The lowest BCUT2D eigenvalue weighted by molar-refractivity contribution is -0.0517. The van der Waals surface area contributed by atoms with E-state index in [4.69, 9.17) is 4.18 Å². The quantitative estimate of drug-likeness (QED) is 0.148. The number of phenols is 2. The topological polar surface area (TPSA) is 104 Å². The SMILES string of the molecule is CC(=CCc1cc(O)ccc1O)CCC[C@H](C)[C@H](C[C@@H]1C(C)=CC[C@@H]2C(C)(C)CCC[C@@]12C)OS(=O)(=O)O. The standard InChI is InChI=1S/C31H48O6S/c1-21(11-13-24-19-25(32)14-15-27(24)33)9-7-10-23(3)28(37-38(34,35)36)20-26-22(2)12-16-29-30(4,5)17-8-18-31(26,29)6/h11-12,14-15,19,23,26,28-29,32-33H,7-10,13,16-18,20H2,1-6H3,(H,34,35,36)/t23-,26+,28-,29+,31-/m0/s1. The first-order valence-corrected chi connectivity index (χ1v) is 15.5. The lowest BCUT2D eigenvalue weighted by Crippen LogP contribution is -2.49. The van der Waals surface area contributed by atoms with Crippen molar-refractivity contribution in [3.8, 4) is 11.5 Å². The normalized spacial score (nSPS) is 27.3. The molecule has 2 aliphatic rings. The highest BCUT2D eigenvalue weighted by Gasteiger charge is 2.52. The minimum atomic E-state index is -4.57. The molecule has 1 fully saturated rings. The van der Waals surface area contributed by atoms with E-state index in [1.807, 2.05) is 19.9 Å². The summed E-state index contributed by atoms with van der Waals surface area (Å²) in [6, 6.07) is 4.52. The van der Waals surface area contributed by atoms with Crippen molar-refractivity contribution < 1.29 is 27.4 Å². The van der Waals surface area contributed by atoms with Crippen molar-refractivity contribution in [3.63, 3.8) is 0 Å². The van der Waals surface area contributed by atoms with E-state index in [1.54, 1.807) is 6.07 Å². The third-order valence-corrected chi connectivity index (χ3v) is 10.1. The van der Waals surface area contributed by atoms with E-state index < -0.39 is 16.5 Å². The Hall–Kier alpha value is -1.83. The molecule has 0 spiro atoms. The maximum atomic E-state index is 11.9. The van der Waals surface area contributed by atoms with Gasteiger partial charge in [-0.05, 0) is 112 Å². The summed E-state index contributed by atoms with van der Waals surface area (Å²) in [5, 5.41) is 19.7. The predicted molar refractivity (Wildman–Crippen MR) is 152 cm³/mol. The molecule has 6 nitrogen and oxygen atoms in total. The number of aromatic hydroxyl groups is 2. The molecule has 7 heteroatoms. The molecule has 3 N–H and O–H groups in total. The van der Waals surface area contributed by atoms with E-state index in [0.29, 0.717) is 24.3 Å². The molecule has 0 amide bonds. The Morgan fingerprint density at radius 1 is 1.21 bits per heavy atom. The number of benzene rings is 1. The number of rotatable bonds is 11. The van der Waals surface area contributed by atoms with Gasteiger partial charge in [0.25, 0.3) is 0 Å². The highest BCUT2D eigenvalue weighted by atomic mass is 32.3. The Morgan fingerprint density at radius 2 is 1.92 bits per heavy atom. The highest BCUT2D eigenvalue weighted by molar-refractivity contribution is 7.80. The van der Waals surface area contributed by atoms with E-state index in [0.717, 1.165) is 37.7 Å². The second kappa shape index (κ2) is 12.1. The Kier molecular flexibility index (Phi) is 9.81. The Labute approximate surface area is 230 Å². The first-order valence-electron chi connectivity index (χ1n) is 14.1. The van der Waals surface area contributed by atoms with Crippen LogP contribution >= 0.6 is 0 Å². The molecule has 5 atom stereocenters. The van der Waals surface area contributed by atoms with Gasteiger partial charge in [0, 0.05) is 5.56 Å². The summed E-state index contributed by atoms with van der Waals surface area (Å²) in [5.74, 6) is 0.996. The number of hydrogen-bond donors (Lipinski definition) is 3. The Bertz CT molecular complexity index is 1140. The summed E-state index contributed by atoms with van der Waals surface area (Å²) in [7, 11) is -4.57. The fraction of sp³-hybridized carbons (Fsp3) is 0.677. The molecule has 0 heterocycles. The van der Waals surface area contributed by atoms with Gasteiger partial charge >= 0.3 is 10.4 Å². The summed E-state index contributed by atoms with van der Waals surface area (Å²) in [5.41, 5.74) is 3.47. The molecule has 214 valence electrons. The Balaban J connectivity index is 1.67. The highest BCUT2D eigenvalue weighted by Crippen LogP contribution is 2.60. The smallest absolute Gasteiger partial charge is 0.397 e. The van der Waals surface area contributed by atoms with Crippen LogP contribution in [0.1, 0.15) is 98.5 Å². The zero-order chi connectivity index (χ0) is 28.3. The van der Waals surface area contributed by atoms with Crippen LogP contribution in [0.15, 0.2) is 41.5 Å². The van der Waals surface area contributed by atoms with Gasteiger partial charge in [-0.2, -0.15) is 8.42 Å². The molecule has 1 aromatic rings. The molecule has 0 bridgehead atoms. The van der Waals surface area contributed by atoms with Crippen molar-refractivity contribution in [1.29, 1.82) is 0 Å². The number of hydrogen-bond acceptors (Lipinski definition) is 5. The molecule has 0 aliphatic heterocycles. The number of phenolic OH excluding ortho intramolecular Hbond substituents is 2. The maximum absolute atomic E-state index is 11.9. The average Bonchev–Trinajstić information content (AvgIpc) is 2.79. The van der Waals surface area contributed by atoms with Crippen molar-refractivity contribution >= 4 is 10.4 Å². The lowest BCUT2D eigenvalue weighted by atomic mass is 9.48. The zero-order valence-electron chi connectivity index (χ0n) is 24.0. The molecule has 0 unspecified atom stereocenters. The molecule has 1 saturated carbocycles. The van der Waals surface area contributed by atoms with E-state index in [9.17, 15) is 23.2 Å². The second-order valence-corrected chi connectivity index (χ2v) is 13.9. The van der Waals surface area contributed by atoms with Gasteiger partial charge in [0.15, 0.2) is 0 Å². The van der Waals surface area contributed by atoms with Crippen LogP contribution in [-0.2, 0) is 21.0 Å². The number of allylic oxidation sites excluding steroid dienone is 4. The fourth-order valence-corrected chi connectivity index (χ4v) is 7.94. The van der Waals surface area contributed by atoms with E-state index >= 15 is 0 Å². The van der Waals surface area contributed by atoms with Crippen LogP contribution < -0.4 is 0 Å². The van der Waals surface area contributed by atoms with Gasteiger partial charge in [-0.15, -0.1) is 0 Å². The largest absolute Gasteiger partial charge is 0.508 e. The van der Waals surface area contributed by atoms with Crippen LogP contribution in [0.5, 0.6) is 11.5 Å². The summed E-state index contributed by atoms with van der Waals surface area (Å²) in [6.45, 7) is 13.3. The van der Waals surface area contributed by atoms with E-state index in [2.05, 4.69) is 33.8 Å². The average molecular weight is 549 g/mol. The van der Waals surface area contributed by atoms with Crippen molar-refractivity contribution in [3.05, 3.63) is 47.1 Å². The van der Waals surface area contributed by atoms with Crippen LogP contribution in [0.25, 0.3) is 0 Å². The van der Waals surface area contributed by atoms with E-state index in [-0.39, 0.29) is 34.2 Å². The molecule has 2 aliphatic carbocycles. The molecule has 1 aromatic carbocycles. The molecule has 0 aromatic heterocycles. The first-order chi connectivity index (χ1) is 17.6. The van der Waals surface area contributed by atoms with Gasteiger partial charge in [-0.3, -0.25) is 4.55 Å². The van der Waals surface area contributed by atoms with Gasteiger partial charge in [0.1, 0.15) is 11.5 Å². The predicted octanol–water partition coefficient (Wildman–Crippen LogP) is 7.77. The molecule has 38 heavy (non-hydrogen) atoms. The Morgan fingerprint density at radius 3 is 2.61 bits per heavy atom. The van der Waals surface area contributed by atoms with Crippen molar-refractivity contribution in [2.24, 2.45) is 28.6 Å². The molecule has 0 radical (unpaired) electrons. The third-order valence-electron chi connectivity index (χ3n) is 9.61. The van der Waals surface area contributed by atoms with Crippen LogP contribution in [0.3, 0.4) is 0 Å². The summed E-state index contributed by atoms with van der Waals surface area (Å²) < 4.78 is 38.7. The summed E-state index contributed by atoms with van der Waals surface area (Å²) >= 11 is 0. The minimum absolute atomic E-state index is 0.0479. The van der Waals surface area contributed by atoms with Crippen LogP contribution in [0.4, 0.5) is 0 Å². The molecule has 0 saturated heterocycles. The van der Waals surface area contributed by atoms with Crippen LogP contribution in [-0.4, -0.2) is 29.3 Å². The monoisotopic (exact) mass is 548 g/mol. The maximum Gasteiger partial charge on any atom is 0.397 e. The van der Waals surface area contributed by atoms with Crippen molar-refractivity contribution in [1.82, 2.24) is 0 Å².